The van der Waals surface area contributed by atoms with Crippen LogP contribution < -0.4 is 0 Å². The summed E-state index contributed by atoms with van der Waals surface area (Å²) in [5.74, 6) is 1.45. The van der Waals surface area contributed by atoms with E-state index >= 15 is 0 Å². The molecule has 1 saturated carbocycles. The lowest BCUT2D eigenvalue weighted by Crippen LogP contribution is -2.11. The van der Waals surface area contributed by atoms with Crippen LogP contribution in [0.15, 0.2) is 73.3 Å². The van der Waals surface area contributed by atoms with E-state index in [2.05, 4.69) is 61.2 Å². The molecule has 2 aromatic carbocycles. The predicted octanol–water partition coefficient (Wildman–Crippen LogP) is 6.91. The predicted molar refractivity (Wildman–Crippen MR) is 111 cm³/mol. The van der Waals surface area contributed by atoms with E-state index in [1.54, 1.807) is 0 Å². The van der Waals surface area contributed by atoms with Gasteiger partial charge in [-0.05, 0) is 66.7 Å². The number of hydrogen-bond acceptors (Lipinski definition) is 1. The minimum Gasteiger partial charge on any atom is -0.373 e. The highest BCUT2D eigenvalue weighted by molar-refractivity contribution is 5.64. The van der Waals surface area contributed by atoms with Gasteiger partial charge in [0, 0.05) is 0 Å². The summed E-state index contributed by atoms with van der Waals surface area (Å²) in [5, 5.41) is 0. The normalized spacial score (nSPS) is 20.3. The minimum atomic E-state index is 0.664. The quantitative estimate of drug-likeness (QED) is 0.391. The third-order valence-electron chi connectivity index (χ3n) is 5.49. The molecule has 1 heteroatoms. The summed E-state index contributed by atoms with van der Waals surface area (Å²) < 4.78 is 5.61. The molecule has 0 aromatic heterocycles. The van der Waals surface area contributed by atoms with E-state index in [-0.39, 0.29) is 0 Å². The number of ether oxygens (including phenoxy) is 1. The third-order valence-corrected chi connectivity index (χ3v) is 5.49. The molecule has 0 saturated heterocycles. The van der Waals surface area contributed by atoms with Gasteiger partial charge in [-0.25, -0.2) is 0 Å². The van der Waals surface area contributed by atoms with Crippen molar-refractivity contribution in [1.29, 1.82) is 0 Å². The number of rotatable bonds is 7. The van der Waals surface area contributed by atoms with Crippen molar-refractivity contribution in [3.8, 4) is 11.1 Å². The van der Waals surface area contributed by atoms with Crippen molar-refractivity contribution < 1.29 is 4.74 Å². The molecule has 0 N–H and O–H groups in total. The van der Waals surface area contributed by atoms with Crippen molar-refractivity contribution in [3.05, 3.63) is 84.5 Å². The van der Waals surface area contributed by atoms with Crippen LogP contribution in [0.5, 0.6) is 0 Å². The molecule has 0 radical (unpaired) electrons. The van der Waals surface area contributed by atoms with E-state index in [1.807, 2.05) is 19.1 Å². The van der Waals surface area contributed by atoms with Crippen LogP contribution in [0.1, 0.15) is 49.7 Å². The first-order valence-electron chi connectivity index (χ1n) is 9.81. The lowest BCUT2D eigenvalue weighted by molar-refractivity contribution is 0.148. The van der Waals surface area contributed by atoms with Crippen LogP contribution in [-0.4, -0.2) is 6.61 Å². The number of hydrogen-bond donors (Lipinski definition) is 0. The van der Waals surface area contributed by atoms with E-state index in [9.17, 15) is 0 Å². The Bertz CT molecular complexity index is 701. The Morgan fingerprint density at radius 3 is 2.12 bits per heavy atom. The van der Waals surface area contributed by atoms with Gasteiger partial charge in [0.1, 0.15) is 0 Å². The molecule has 1 aliphatic carbocycles. The molecule has 0 aliphatic heterocycles. The van der Waals surface area contributed by atoms with Crippen LogP contribution in [0.4, 0.5) is 0 Å². The van der Waals surface area contributed by atoms with Crippen LogP contribution in [0, 0.1) is 5.92 Å². The third kappa shape index (κ3) is 4.95. The van der Waals surface area contributed by atoms with E-state index in [0.29, 0.717) is 13.2 Å². The highest BCUT2D eigenvalue weighted by atomic mass is 16.5. The zero-order chi connectivity index (χ0) is 18.2. The molecular formula is C25H30O. The fourth-order valence-electron chi connectivity index (χ4n) is 3.77. The second kappa shape index (κ2) is 9.54. The molecule has 1 nitrogen and oxygen atoms in total. The van der Waals surface area contributed by atoms with Crippen LogP contribution in [0.3, 0.4) is 0 Å². The van der Waals surface area contributed by atoms with Gasteiger partial charge in [-0.2, -0.15) is 0 Å². The van der Waals surface area contributed by atoms with Gasteiger partial charge >= 0.3 is 0 Å². The summed E-state index contributed by atoms with van der Waals surface area (Å²) in [5.41, 5.74) is 5.26. The Hall–Kier alpha value is -2.12. The van der Waals surface area contributed by atoms with Gasteiger partial charge in [-0.15, -0.1) is 6.58 Å². The van der Waals surface area contributed by atoms with E-state index in [1.165, 1.54) is 47.9 Å². The molecule has 2 aromatic rings. The summed E-state index contributed by atoms with van der Waals surface area (Å²) in [4.78, 5) is 0. The number of benzene rings is 2. The van der Waals surface area contributed by atoms with Crippen molar-refractivity contribution in [2.75, 3.05) is 6.61 Å². The van der Waals surface area contributed by atoms with Gasteiger partial charge in [-0.3, -0.25) is 0 Å². The molecule has 26 heavy (non-hydrogen) atoms. The zero-order valence-corrected chi connectivity index (χ0v) is 15.9. The fraction of sp³-hybridized carbons (Fsp3) is 0.360. The molecule has 0 bridgehead atoms. The molecule has 1 fully saturated rings. The van der Waals surface area contributed by atoms with Gasteiger partial charge in [-0.1, -0.05) is 66.8 Å². The number of allylic oxidation sites excluding steroid dienone is 2. The van der Waals surface area contributed by atoms with Crippen molar-refractivity contribution >= 4 is 0 Å². The van der Waals surface area contributed by atoms with E-state index in [4.69, 9.17) is 4.74 Å². The summed E-state index contributed by atoms with van der Waals surface area (Å²) >= 11 is 0. The van der Waals surface area contributed by atoms with Crippen LogP contribution in [0.2, 0.25) is 0 Å². The lowest BCUT2D eigenvalue weighted by Gasteiger charge is -2.27. The molecular weight excluding hydrogens is 316 g/mol. The van der Waals surface area contributed by atoms with E-state index < -0.39 is 0 Å². The highest BCUT2D eigenvalue weighted by Gasteiger charge is 2.20. The Morgan fingerprint density at radius 2 is 1.54 bits per heavy atom. The first kappa shape index (κ1) is 18.7. The van der Waals surface area contributed by atoms with Gasteiger partial charge < -0.3 is 4.74 Å². The fourth-order valence-corrected chi connectivity index (χ4v) is 3.77. The minimum absolute atomic E-state index is 0.664. The van der Waals surface area contributed by atoms with Crippen molar-refractivity contribution in [2.45, 2.75) is 45.1 Å². The van der Waals surface area contributed by atoms with Gasteiger partial charge in [0.25, 0.3) is 0 Å². The van der Waals surface area contributed by atoms with Crippen LogP contribution in [0.25, 0.3) is 11.1 Å². The molecule has 0 atom stereocenters. The lowest BCUT2D eigenvalue weighted by atomic mass is 9.78. The smallest absolute Gasteiger partial charge is 0.0721 e. The Morgan fingerprint density at radius 1 is 0.923 bits per heavy atom. The maximum atomic E-state index is 5.61. The first-order chi connectivity index (χ1) is 12.8. The van der Waals surface area contributed by atoms with Crippen LogP contribution in [-0.2, 0) is 11.3 Å². The summed E-state index contributed by atoms with van der Waals surface area (Å²) in [6.07, 6.45) is 11.3. The zero-order valence-electron chi connectivity index (χ0n) is 15.9. The Labute approximate surface area is 158 Å². The molecule has 0 heterocycles. The van der Waals surface area contributed by atoms with Gasteiger partial charge in [0.05, 0.1) is 13.2 Å². The maximum Gasteiger partial charge on any atom is 0.0721 e. The summed E-state index contributed by atoms with van der Waals surface area (Å²) in [7, 11) is 0. The highest BCUT2D eigenvalue weighted by Crippen LogP contribution is 2.36. The maximum absolute atomic E-state index is 5.61. The second-order valence-electron chi connectivity index (χ2n) is 7.25. The molecule has 0 spiro atoms. The molecule has 1 aliphatic rings. The van der Waals surface area contributed by atoms with Gasteiger partial charge in [0.15, 0.2) is 0 Å². The average Bonchev–Trinajstić information content (AvgIpc) is 2.72. The second-order valence-corrected chi connectivity index (χ2v) is 7.25. The Kier molecular flexibility index (Phi) is 6.85. The van der Waals surface area contributed by atoms with E-state index in [0.717, 1.165) is 11.8 Å². The Balaban J connectivity index is 1.59. The first-order valence-corrected chi connectivity index (χ1v) is 9.81. The molecule has 136 valence electrons. The standard InChI is InChI=1S/C25H30O/c1-3-5-18-26-19-21-8-12-23(13-9-21)25-16-14-24(15-17-25)22-10-6-20(4-2)7-11-22/h3-5,8-9,12-17,20,22H,2,6-7,10-11,18-19H2,1H3/b5-3+/t20-,22-. The largest absolute Gasteiger partial charge is 0.373 e. The average molecular weight is 347 g/mol. The monoisotopic (exact) mass is 346 g/mol. The summed E-state index contributed by atoms with van der Waals surface area (Å²) in [6.45, 7) is 7.30. The SMILES string of the molecule is C=C[C@H]1CC[C@H](c2ccc(-c3ccc(COC/C=C/C)cc3)cc2)CC1. The van der Waals surface area contributed by atoms with Gasteiger partial charge in [0.2, 0.25) is 0 Å². The summed E-state index contributed by atoms with van der Waals surface area (Å²) in [6, 6.07) is 17.9. The topological polar surface area (TPSA) is 9.23 Å². The molecule has 0 amide bonds. The van der Waals surface area contributed by atoms with Crippen molar-refractivity contribution in [1.82, 2.24) is 0 Å². The van der Waals surface area contributed by atoms with Crippen molar-refractivity contribution in [2.24, 2.45) is 5.92 Å². The molecule has 3 rings (SSSR count). The van der Waals surface area contributed by atoms with Crippen molar-refractivity contribution in [3.63, 3.8) is 0 Å². The van der Waals surface area contributed by atoms with Crippen LogP contribution >= 0.6 is 0 Å². The molecule has 0 unspecified atom stereocenters.